The van der Waals surface area contributed by atoms with Crippen molar-refractivity contribution in [3.63, 3.8) is 0 Å². The number of rotatable bonds is 7. The molecule has 0 bridgehead atoms. The lowest BCUT2D eigenvalue weighted by molar-refractivity contribution is 0.0992. The smallest absolute Gasteiger partial charge is 0.350 e. The molecule has 0 spiro atoms. The van der Waals surface area contributed by atoms with Gasteiger partial charge in [0, 0.05) is 13.0 Å². The fourth-order valence-corrected chi connectivity index (χ4v) is 3.03. The van der Waals surface area contributed by atoms with Crippen LogP contribution in [0.1, 0.15) is 63.1 Å². The van der Waals surface area contributed by atoms with E-state index in [1.54, 1.807) is 25.2 Å². The second kappa shape index (κ2) is 7.76. The zero-order valence-corrected chi connectivity index (χ0v) is 16.3. The number of hydrogen-bond acceptors (Lipinski definition) is 4. The summed E-state index contributed by atoms with van der Waals surface area (Å²) in [6.45, 7) is 10.1. The summed E-state index contributed by atoms with van der Waals surface area (Å²) in [7, 11) is 1.68. The van der Waals surface area contributed by atoms with E-state index in [9.17, 15) is 9.59 Å². The number of carbonyl (C=O) groups excluding carboxylic acids is 1. The molecule has 0 unspecified atom stereocenters. The van der Waals surface area contributed by atoms with Crippen LogP contribution in [0.5, 0.6) is 5.75 Å². The lowest BCUT2D eigenvalue weighted by Crippen LogP contribution is -2.25. The third-order valence-electron chi connectivity index (χ3n) is 4.14. The van der Waals surface area contributed by atoms with Crippen molar-refractivity contribution in [3.8, 4) is 11.4 Å². The number of nitrogens with zero attached hydrogens (tertiary/aromatic N) is 3. The molecule has 0 aliphatic heterocycles. The number of benzene rings is 1. The molecule has 0 aliphatic rings. The summed E-state index contributed by atoms with van der Waals surface area (Å²) < 4.78 is 8.84. The van der Waals surface area contributed by atoms with E-state index in [0.29, 0.717) is 23.2 Å². The van der Waals surface area contributed by atoms with E-state index in [4.69, 9.17) is 10.5 Å². The van der Waals surface area contributed by atoms with Crippen molar-refractivity contribution in [2.75, 3.05) is 0 Å². The van der Waals surface area contributed by atoms with Crippen LogP contribution < -0.4 is 16.2 Å². The van der Waals surface area contributed by atoms with Gasteiger partial charge in [0.2, 0.25) is 0 Å². The average molecular weight is 360 g/mol. The molecule has 7 nitrogen and oxygen atoms in total. The first kappa shape index (κ1) is 19.8. The summed E-state index contributed by atoms with van der Waals surface area (Å²) in [5.41, 5.74) is 5.89. The molecule has 7 heteroatoms. The van der Waals surface area contributed by atoms with Crippen molar-refractivity contribution in [3.05, 3.63) is 40.1 Å². The Morgan fingerprint density at radius 1 is 1.23 bits per heavy atom. The number of primary amides is 1. The molecule has 0 fully saturated rings. The molecule has 0 radical (unpaired) electrons. The molecule has 1 amide bonds. The van der Waals surface area contributed by atoms with Crippen molar-refractivity contribution in [2.24, 2.45) is 18.7 Å². The van der Waals surface area contributed by atoms with E-state index in [1.807, 2.05) is 20.8 Å². The average Bonchev–Trinajstić information content (AvgIpc) is 2.82. The second-order valence-electron chi connectivity index (χ2n) is 7.34. The molecular weight excluding hydrogens is 332 g/mol. The van der Waals surface area contributed by atoms with Crippen molar-refractivity contribution < 1.29 is 9.53 Å². The maximum absolute atomic E-state index is 12.7. The number of amides is 1. The number of ether oxygens (including phenoxy) is 1. The van der Waals surface area contributed by atoms with Gasteiger partial charge in [-0.1, -0.05) is 33.8 Å². The van der Waals surface area contributed by atoms with Gasteiger partial charge >= 0.3 is 5.69 Å². The number of hydrogen-bond donors (Lipinski definition) is 1. The first-order valence-corrected chi connectivity index (χ1v) is 8.89. The van der Waals surface area contributed by atoms with E-state index in [-0.39, 0.29) is 23.3 Å². The fourth-order valence-electron chi connectivity index (χ4n) is 3.03. The van der Waals surface area contributed by atoms with Gasteiger partial charge in [0.1, 0.15) is 11.5 Å². The molecular formula is C19H28N4O3. The lowest BCUT2D eigenvalue weighted by atomic mass is 10.1. The Balaban J connectivity index is 2.63. The topological polar surface area (TPSA) is 92.1 Å². The molecule has 142 valence electrons. The highest BCUT2D eigenvalue weighted by molar-refractivity contribution is 5.96. The van der Waals surface area contributed by atoms with Crippen molar-refractivity contribution in [1.29, 1.82) is 0 Å². The van der Waals surface area contributed by atoms with Crippen molar-refractivity contribution in [2.45, 2.75) is 53.1 Å². The van der Waals surface area contributed by atoms with E-state index in [0.717, 1.165) is 6.42 Å². The SMILES string of the molecule is CC(C)C[C@H](C)Oc1c(C(N)=O)cccc1-n1nc(C(C)C)n(C)c1=O. The van der Waals surface area contributed by atoms with Crippen LogP contribution in [-0.2, 0) is 7.05 Å². The van der Waals surface area contributed by atoms with Gasteiger partial charge in [0.25, 0.3) is 5.91 Å². The number of nitrogens with two attached hydrogens (primary N) is 1. The summed E-state index contributed by atoms with van der Waals surface area (Å²) >= 11 is 0. The molecule has 1 atom stereocenters. The highest BCUT2D eigenvalue weighted by Gasteiger charge is 2.22. The molecule has 1 heterocycles. The Labute approximate surface area is 153 Å². The summed E-state index contributed by atoms with van der Waals surface area (Å²) in [4.78, 5) is 24.6. The predicted octanol–water partition coefficient (Wildman–Crippen LogP) is 2.61. The molecule has 2 aromatic rings. The standard InChI is InChI=1S/C19H28N4O3/c1-11(2)10-13(5)26-16-14(17(20)24)8-7-9-15(16)23-19(25)22(6)18(21-23)12(3)4/h7-9,11-13H,10H2,1-6H3,(H2,20,24)/t13-/m0/s1. The molecule has 2 N–H and O–H groups in total. The van der Waals surface area contributed by atoms with Gasteiger partial charge in [0.05, 0.1) is 11.7 Å². The number of para-hydroxylation sites is 1. The maximum Gasteiger partial charge on any atom is 0.350 e. The maximum atomic E-state index is 12.7. The predicted molar refractivity (Wildman–Crippen MR) is 101 cm³/mol. The van der Waals surface area contributed by atoms with Crippen molar-refractivity contribution >= 4 is 5.91 Å². The van der Waals surface area contributed by atoms with Gasteiger partial charge in [-0.25, -0.2) is 4.79 Å². The molecule has 0 aliphatic carbocycles. The molecule has 1 aromatic carbocycles. The first-order chi connectivity index (χ1) is 12.1. The largest absolute Gasteiger partial charge is 0.488 e. The fraction of sp³-hybridized carbons (Fsp3) is 0.526. The minimum absolute atomic E-state index is 0.0810. The van der Waals surface area contributed by atoms with Crippen LogP contribution in [0.3, 0.4) is 0 Å². The van der Waals surface area contributed by atoms with Gasteiger partial charge in [-0.3, -0.25) is 9.36 Å². The van der Waals surface area contributed by atoms with Crippen LogP contribution >= 0.6 is 0 Å². The normalized spacial score (nSPS) is 12.6. The zero-order valence-electron chi connectivity index (χ0n) is 16.3. The van der Waals surface area contributed by atoms with E-state index >= 15 is 0 Å². The van der Waals surface area contributed by atoms with Gasteiger partial charge in [-0.05, 0) is 31.4 Å². The second-order valence-corrected chi connectivity index (χ2v) is 7.34. The minimum atomic E-state index is -0.605. The number of aromatic nitrogens is 3. The summed E-state index contributed by atoms with van der Waals surface area (Å²) in [6.07, 6.45) is 0.666. The Hall–Kier alpha value is -2.57. The van der Waals surface area contributed by atoms with Crippen LogP contribution in [0.4, 0.5) is 0 Å². The van der Waals surface area contributed by atoms with Crippen LogP contribution in [0.2, 0.25) is 0 Å². The summed E-state index contributed by atoms with van der Waals surface area (Å²) in [6, 6.07) is 4.98. The molecule has 2 rings (SSSR count). The van der Waals surface area contributed by atoms with E-state index in [2.05, 4.69) is 18.9 Å². The van der Waals surface area contributed by atoms with Crippen molar-refractivity contribution in [1.82, 2.24) is 14.3 Å². The van der Waals surface area contributed by atoms with Crippen LogP contribution in [-0.4, -0.2) is 26.4 Å². The minimum Gasteiger partial charge on any atom is -0.488 e. The Bertz CT molecular complexity index is 849. The lowest BCUT2D eigenvalue weighted by Gasteiger charge is -2.20. The molecule has 0 saturated carbocycles. The zero-order chi connectivity index (χ0) is 19.6. The summed E-state index contributed by atoms with van der Waals surface area (Å²) in [5.74, 6) is 0.854. The quantitative estimate of drug-likeness (QED) is 0.821. The van der Waals surface area contributed by atoms with Gasteiger partial charge < -0.3 is 10.5 Å². The highest BCUT2D eigenvalue weighted by Crippen LogP contribution is 2.29. The Morgan fingerprint density at radius 2 is 1.88 bits per heavy atom. The molecule has 26 heavy (non-hydrogen) atoms. The van der Waals surface area contributed by atoms with Gasteiger partial charge in [0.15, 0.2) is 5.75 Å². The van der Waals surface area contributed by atoms with Gasteiger partial charge in [-0.2, -0.15) is 4.68 Å². The summed E-state index contributed by atoms with van der Waals surface area (Å²) in [5, 5.41) is 4.44. The van der Waals surface area contributed by atoms with Crippen LogP contribution in [0.15, 0.2) is 23.0 Å². The van der Waals surface area contributed by atoms with E-state index in [1.165, 1.54) is 9.25 Å². The first-order valence-electron chi connectivity index (χ1n) is 8.89. The number of carbonyl (C=O) groups is 1. The van der Waals surface area contributed by atoms with Crippen LogP contribution in [0, 0.1) is 5.92 Å². The highest BCUT2D eigenvalue weighted by atomic mass is 16.5. The monoisotopic (exact) mass is 360 g/mol. The van der Waals surface area contributed by atoms with Crippen LogP contribution in [0.25, 0.3) is 5.69 Å². The van der Waals surface area contributed by atoms with E-state index < -0.39 is 5.91 Å². The third-order valence-corrected chi connectivity index (χ3v) is 4.14. The molecule has 1 aromatic heterocycles. The molecule has 0 saturated heterocycles. The third kappa shape index (κ3) is 3.98. The Kier molecular flexibility index (Phi) is 5.90. The Morgan fingerprint density at radius 3 is 2.38 bits per heavy atom. The van der Waals surface area contributed by atoms with Gasteiger partial charge in [-0.15, -0.1) is 5.10 Å².